The van der Waals surface area contributed by atoms with Crippen LogP contribution in [0.1, 0.15) is 16.3 Å². The van der Waals surface area contributed by atoms with Crippen LogP contribution in [-0.4, -0.2) is 20.5 Å². The third-order valence-corrected chi connectivity index (χ3v) is 2.47. The number of hydrogen-bond acceptors (Lipinski definition) is 2. The van der Waals surface area contributed by atoms with Gasteiger partial charge in [-0.25, -0.2) is 9.78 Å². The molecule has 0 aliphatic carbocycles. The van der Waals surface area contributed by atoms with Gasteiger partial charge in [-0.2, -0.15) is 0 Å². The number of rotatable bonds is 1. The Labute approximate surface area is 88.3 Å². The standard InChI is InChI=1S/C9H7BrN2O2/c1-5-7-4-6(10)2-3-12(7)8(11-5)9(13)14/h2-4H,1H3,(H,13,14). The van der Waals surface area contributed by atoms with Crippen molar-refractivity contribution in [2.75, 3.05) is 0 Å². The zero-order valence-corrected chi connectivity index (χ0v) is 8.95. The molecule has 2 rings (SSSR count). The fraction of sp³-hybridized carbons (Fsp3) is 0.111. The molecule has 0 bridgehead atoms. The number of imidazole rings is 1. The van der Waals surface area contributed by atoms with Gasteiger partial charge >= 0.3 is 5.97 Å². The van der Waals surface area contributed by atoms with Crippen LogP contribution < -0.4 is 0 Å². The van der Waals surface area contributed by atoms with Crippen molar-refractivity contribution in [2.24, 2.45) is 0 Å². The van der Waals surface area contributed by atoms with Crippen LogP contribution in [0.5, 0.6) is 0 Å². The number of carboxylic acid groups (broad SMARTS) is 1. The minimum atomic E-state index is -1.02. The number of carboxylic acids is 1. The molecule has 0 spiro atoms. The fourth-order valence-corrected chi connectivity index (χ4v) is 1.69. The van der Waals surface area contributed by atoms with Crippen LogP contribution in [0.25, 0.3) is 5.52 Å². The molecule has 1 N–H and O–H groups in total. The summed E-state index contributed by atoms with van der Waals surface area (Å²) in [6, 6.07) is 3.62. The van der Waals surface area contributed by atoms with Crippen LogP contribution in [0.3, 0.4) is 0 Å². The van der Waals surface area contributed by atoms with Crippen LogP contribution in [0.4, 0.5) is 0 Å². The topological polar surface area (TPSA) is 54.6 Å². The summed E-state index contributed by atoms with van der Waals surface area (Å²) in [5.41, 5.74) is 1.51. The number of pyridine rings is 1. The third-order valence-electron chi connectivity index (χ3n) is 1.98. The summed E-state index contributed by atoms with van der Waals surface area (Å²) in [5.74, 6) is -0.972. The largest absolute Gasteiger partial charge is 0.475 e. The molecule has 2 aromatic rings. The maximum absolute atomic E-state index is 10.8. The molecule has 0 aliphatic heterocycles. The van der Waals surface area contributed by atoms with Crippen molar-refractivity contribution in [1.82, 2.24) is 9.38 Å². The SMILES string of the molecule is Cc1nc(C(=O)O)n2ccc(Br)cc12. The van der Waals surface area contributed by atoms with E-state index in [0.717, 1.165) is 9.99 Å². The molecule has 4 nitrogen and oxygen atoms in total. The zero-order chi connectivity index (χ0) is 10.3. The minimum absolute atomic E-state index is 0.0463. The highest BCUT2D eigenvalue weighted by Crippen LogP contribution is 2.17. The van der Waals surface area contributed by atoms with Gasteiger partial charge in [-0.05, 0) is 19.1 Å². The zero-order valence-electron chi connectivity index (χ0n) is 7.36. The molecular weight excluding hydrogens is 248 g/mol. The van der Waals surface area contributed by atoms with Crippen molar-refractivity contribution < 1.29 is 9.90 Å². The van der Waals surface area contributed by atoms with Crippen LogP contribution in [-0.2, 0) is 0 Å². The first-order chi connectivity index (χ1) is 6.59. The van der Waals surface area contributed by atoms with E-state index in [1.165, 1.54) is 0 Å². The highest BCUT2D eigenvalue weighted by molar-refractivity contribution is 9.10. The van der Waals surface area contributed by atoms with E-state index in [-0.39, 0.29) is 5.82 Å². The molecule has 0 fully saturated rings. The molecule has 14 heavy (non-hydrogen) atoms. The number of aryl methyl sites for hydroxylation is 1. The van der Waals surface area contributed by atoms with E-state index in [1.54, 1.807) is 23.6 Å². The first kappa shape index (κ1) is 9.21. The summed E-state index contributed by atoms with van der Waals surface area (Å²) in [4.78, 5) is 14.8. The van der Waals surface area contributed by atoms with Gasteiger partial charge in [0.2, 0.25) is 5.82 Å². The monoisotopic (exact) mass is 254 g/mol. The Balaban J connectivity index is 2.84. The maximum Gasteiger partial charge on any atom is 0.372 e. The Hall–Kier alpha value is -1.36. The molecular formula is C9H7BrN2O2. The quantitative estimate of drug-likeness (QED) is 0.848. The Bertz CT molecular complexity index is 519. The lowest BCUT2D eigenvalue weighted by atomic mass is 10.3. The average Bonchev–Trinajstić information content (AvgIpc) is 2.44. The van der Waals surface area contributed by atoms with E-state index in [0.29, 0.717) is 5.69 Å². The normalized spacial score (nSPS) is 10.7. The van der Waals surface area contributed by atoms with Crippen LogP contribution in [0, 0.1) is 6.92 Å². The van der Waals surface area contributed by atoms with Crippen molar-refractivity contribution in [3.05, 3.63) is 34.3 Å². The lowest BCUT2D eigenvalue weighted by Gasteiger charge is -1.96. The highest BCUT2D eigenvalue weighted by atomic mass is 79.9. The average molecular weight is 255 g/mol. The van der Waals surface area contributed by atoms with Crippen molar-refractivity contribution in [2.45, 2.75) is 6.92 Å². The number of nitrogens with zero attached hydrogens (tertiary/aromatic N) is 2. The number of carbonyl (C=O) groups is 1. The van der Waals surface area contributed by atoms with E-state index >= 15 is 0 Å². The second kappa shape index (κ2) is 3.09. The number of aromatic nitrogens is 2. The van der Waals surface area contributed by atoms with Gasteiger partial charge in [-0.3, -0.25) is 4.40 Å². The molecule has 0 amide bonds. The predicted molar refractivity (Wildman–Crippen MR) is 54.6 cm³/mol. The molecule has 0 saturated carbocycles. The molecule has 0 aromatic carbocycles. The Morgan fingerprint density at radius 3 is 3.00 bits per heavy atom. The van der Waals surface area contributed by atoms with Gasteiger partial charge in [0.25, 0.3) is 0 Å². The lowest BCUT2D eigenvalue weighted by molar-refractivity contribution is 0.0682. The third kappa shape index (κ3) is 1.29. The van der Waals surface area contributed by atoms with Gasteiger partial charge in [-0.15, -0.1) is 0 Å². The van der Waals surface area contributed by atoms with Gasteiger partial charge in [0.1, 0.15) is 0 Å². The second-order valence-corrected chi connectivity index (χ2v) is 3.84. The molecule has 0 radical (unpaired) electrons. The van der Waals surface area contributed by atoms with Crippen LogP contribution in [0.2, 0.25) is 0 Å². The van der Waals surface area contributed by atoms with Gasteiger partial charge < -0.3 is 5.11 Å². The van der Waals surface area contributed by atoms with Gasteiger partial charge in [0.15, 0.2) is 0 Å². The van der Waals surface area contributed by atoms with Gasteiger partial charge in [-0.1, -0.05) is 15.9 Å². The van der Waals surface area contributed by atoms with Crippen molar-refractivity contribution in [3.63, 3.8) is 0 Å². The van der Waals surface area contributed by atoms with E-state index in [2.05, 4.69) is 20.9 Å². The number of aromatic carboxylic acids is 1. The summed E-state index contributed by atoms with van der Waals surface area (Å²) < 4.78 is 2.47. The predicted octanol–water partition coefficient (Wildman–Crippen LogP) is 2.10. The number of fused-ring (bicyclic) bond motifs is 1. The van der Waals surface area contributed by atoms with E-state index < -0.39 is 5.97 Å². The van der Waals surface area contributed by atoms with Crippen LogP contribution in [0.15, 0.2) is 22.8 Å². The van der Waals surface area contributed by atoms with E-state index in [9.17, 15) is 4.79 Å². The molecule has 0 aliphatic rings. The van der Waals surface area contributed by atoms with Crippen molar-refractivity contribution >= 4 is 27.4 Å². The first-order valence-electron chi connectivity index (χ1n) is 3.97. The molecule has 0 atom stereocenters. The second-order valence-electron chi connectivity index (χ2n) is 2.93. The molecule has 0 unspecified atom stereocenters. The first-order valence-corrected chi connectivity index (χ1v) is 4.76. The summed E-state index contributed by atoms with van der Waals surface area (Å²) in [7, 11) is 0. The fourth-order valence-electron chi connectivity index (χ4n) is 1.36. The molecule has 0 saturated heterocycles. The highest BCUT2D eigenvalue weighted by Gasteiger charge is 2.13. The minimum Gasteiger partial charge on any atom is -0.475 e. The smallest absolute Gasteiger partial charge is 0.372 e. The van der Waals surface area contributed by atoms with Crippen molar-refractivity contribution in [1.29, 1.82) is 0 Å². The maximum atomic E-state index is 10.8. The summed E-state index contributed by atoms with van der Waals surface area (Å²) in [6.07, 6.45) is 1.68. The Kier molecular flexibility index (Phi) is 2.03. The Morgan fingerprint density at radius 1 is 1.64 bits per heavy atom. The molecule has 5 heteroatoms. The number of halogens is 1. The summed E-state index contributed by atoms with van der Waals surface area (Å²) >= 11 is 3.32. The molecule has 2 heterocycles. The number of hydrogen-bond donors (Lipinski definition) is 1. The van der Waals surface area contributed by atoms with Gasteiger partial charge in [0, 0.05) is 10.7 Å². The van der Waals surface area contributed by atoms with Crippen molar-refractivity contribution in [3.8, 4) is 0 Å². The summed E-state index contributed by atoms with van der Waals surface area (Å²) in [5, 5.41) is 8.87. The van der Waals surface area contributed by atoms with Gasteiger partial charge in [0.05, 0.1) is 11.2 Å². The summed E-state index contributed by atoms with van der Waals surface area (Å²) in [6.45, 7) is 1.79. The Morgan fingerprint density at radius 2 is 2.36 bits per heavy atom. The molecule has 2 aromatic heterocycles. The van der Waals surface area contributed by atoms with E-state index in [1.807, 2.05) is 6.07 Å². The van der Waals surface area contributed by atoms with E-state index in [4.69, 9.17) is 5.11 Å². The van der Waals surface area contributed by atoms with Crippen LogP contribution >= 0.6 is 15.9 Å². The lowest BCUT2D eigenvalue weighted by Crippen LogP contribution is -2.02. The molecule has 72 valence electrons.